The molecule has 0 bridgehead atoms. The van der Waals surface area contributed by atoms with Crippen LogP contribution in [0.25, 0.3) is 0 Å². The van der Waals surface area contributed by atoms with Crippen LogP contribution in [-0.2, 0) is 11.3 Å². The van der Waals surface area contributed by atoms with Gasteiger partial charge >= 0.3 is 0 Å². The Hall–Kier alpha value is -0.830. The number of hydrogen-bond donors (Lipinski definition) is 0. The predicted molar refractivity (Wildman–Crippen MR) is 55.4 cm³/mol. The lowest BCUT2D eigenvalue weighted by Gasteiger charge is -2.22. The van der Waals surface area contributed by atoms with Crippen molar-refractivity contribution in [3.63, 3.8) is 0 Å². The lowest BCUT2D eigenvalue weighted by molar-refractivity contribution is 0.0828. The molecule has 0 amide bonds. The molecule has 0 aromatic carbocycles. The molecule has 0 spiro atoms. The van der Waals surface area contributed by atoms with Crippen LogP contribution in [0.4, 0.5) is 0 Å². The van der Waals surface area contributed by atoms with Crippen molar-refractivity contribution in [3.05, 3.63) is 17.7 Å². The maximum Gasteiger partial charge on any atom is 0.112 e. The molecule has 0 unspecified atom stereocenters. The number of aryl methyl sites for hydroxylation is 1. The Morgan fingerprint density at radius 3 is 2.86 bits per heavy atom. The highest BCUT2D eigenvalue weighted by molar-refractivity contribution is 5.08. The van der Waals surface area contributed by atoms with Gasteiger partial charge in [-0.05, 0) is 26.7 Å². The number of aromatic nitrogens is 2. The van der Waals surface area contributed by atoms with Crippen molar-refractivity contribution in [1.82, 2.24) is 9.55 Å². The topological polar surface area (TPSA) is 27.1 Å². The molecule has 0 aliphatic carbocycles. The maximum absolute atomic E-state index is 5.36. The first kappa shape index (κ1) is 9.71. The van der Waals surface area contributed by atoms with Gasteiger partial charge in [-0.15, -0.1) is 0 Å². The van der Waals surface area contributed by atoms with Gasteiger partial charge in [-0.25, -0.2) is 4.98 Å². The molecular weight excluding hydrogens is 176 g/mol. The summed E-state index contributed by atoms with van der Waals surface area (Å²) in [5.74, 6) is 1.87. The van der Waals surface area contributed by atoms with Crippen LogP contribution in [0.2, 0.25) is 0 Å². The first-order valence-corrected chi connectivity index (χ1v) is 5.42. The van der Waals surface area contributed by atoms with Crippen LogP contribution in [0.3, 0.4) is 0 Å². The first-order chi connectivity index (χ1) is 6.83. The Kier molecular flexibility index (Phi) is 2.87. The molecule has 0 atom stereocenters. The fourth-order valence-corrected chi connectivity index (χ4v) is 2.17. The third kappa shape index (κ3) is 1.69. The van der Waals surface area contributed by atoms with Crippen LogP contribution in [0.15, 0.2) is 6.20 Å². The molecule has 0 radical (unpaired) electrons. The minimum atomic E-state index is 0.609. The number of nitrogens with zero attached hydrogens (tertiary/aromatic N) is 2. The molecule has 3 nitrogen and oxygen atoms in total. The highest BCUT2D eigenvalue weighted by Crippen LogP contribution is 2.26. The fourth-order valence-electron chi connectivity index (χ4n) is 2.17. The van der Waals surface area contributed by atoms with E-state index in [0.717, 1.165) is 32.6 Å². The molecule has 1 fully saturated rings. The summed E-state index contributed by atoms with van der Waals surface area (Å²) in [7, 11) is 0. The van der Waals surface area contributed by atoms with Gasteiger partial charge in [-0.2, -0.15) is 0 Å². The van der Waals surface area contributed by atoms with E-state index in [1.54, 1.807) is 0 Å². The molecule has 1 aromatic heterocycles. The summed E-state index contributed by atoms with van der Waals surface area (Å²) in [6, 6.07) is 0. The third-order valence-electron chi connectivity index (χ3n) is 2.99. The molecule has 3 heteroatoms. The largest absolute Gasteiger partial charge is 0.381 e. The number of hydrogen-bond acceptors (Lipinski definition) is 2. The second-order valence-electron chi connectivity index (χ2n) is 3.89. The molecule has 0 saturated carbocycles. The lowest BCUT2D eigenvalue weighted by atomic mass is 9.99. The Balaban J connectivity index is 2.21. The molecule has 1 aliphatic heterocycles. The highest BCUT2D eigenvalue weighted by atomic mass is 16.5. The van der Waals surface area contributed by atoms with Crippen molar-refractivity contribution in [2.75, 3.05) is 13.2 Å². The van der Waals surface area contributed by atoms with Crippen molar-refractivity contribution in [1.29, 1.82) is 0 Å². The average molecular weight is 194 g/mol. The van der Waals surface area contributed by atoms with Gasteiger partial charge < -0.3 is 9.30 Å². The van der Waals surface area contributed by atoms with Crippen molar-refractivity contribution < 1.29 is 4.74 Å². The van der Waals surface area contributed by atoms with E-state index in [1.165, 1.54) is 11.5 Å². The predicted octanol–water partition coefficient (Wildman–Crippen LogP) is 2.11. The molecule has 1 aromatic rings. The van der Waals surface area contributed by atoms with Crippen LogP contribution in [-0.4, -0.2) is 22.8 Å². The molecular formula is C11H18N2O. The van der Waals surface area contributed by atoms with Crippen LogP contribution >= 0.6 is 0 Å². The van der Waals surface area contributed by atoms with Gasteiger partial charge in [0.05, 0.1) is 0 Å². The van der Waals surface area contributed by atoms with Gasteiger partial charge in [0.2, 0.25) is 0 Å². The van der Waals surface area contributed by atoms with Crippen molar-refractivity contribution >= 4 is 0 Å². The molecule has 2 rings (SSSR count). The van der Waals surface area contributed by atoms with E-state index < -0.39 is 0 Å². The van der Waals surface area contributed by atoms with E-state index in [-0.39, 0.29) is 0 Å². The SMILES string of the molecule is CCn1c(C)cnc1C1CCOCC1. The summed E-state index contributed by atoms with van der Waals surface area (Å²) in [5.41, 5.74) is 1.27. The van der Waals surface area contributed by atoms with E-state index in [0.29, 0.717) is 5.92 Å². The standard InChI is InChI=1S/C11H18N2O/c1-3-13-9(2)8-12-11(13)10-4-6-14-7-5-10/h8,10H,3-7H2,1-2H3. The maximum atomic E-state index is 5.36. The van der Waals surface area contributed by atoms with Crippen molar-refractivity contribution in [2.45, 2.75) is 39.2 Å². The molecule has 1 aliphatic rings. The monoisotopic (exact) mass is 194 g/mol. The minimum Gasteiger partial charge on any atom is -0.381 e. The Morgan fingerprint density at radius 2 is 2.21 bits per heavy atom. The van der Waals surface area contributed by atoms with Crippen LogP contribution in [0, 0.1) is 6.92 Å². The number of imidazole rings is 1. The molecule has 1 saturated heterocycles. The Labute approximate surface area is 85.1 Å². The highest BCUT2D eigenvalue weighted by Gasteiger charge is 2.20. The van der Waals surface area contributed by atoms with Gasteiger partial charge in [0.25, 0.3) is 0 Å². The zero-order chi connectivity index (χ0) is 9.97. The molecule has 2 heterocycles. The van der Waals surface area contributed by atoms with E-state index in [9.17, 15) is 0 Å². The minimum absolute atomic E-state index is 0.609. The van der Waals surface area contributed by atoms with E-state index >= 15 is 0 Å². The van der Waals surface area contributed by atoms with Crippen LogP contribution in [0.1, 0.15) is 37.2 Å². The van der Waals surface area contributed by atoms with Gasteiger partial charge in [0.15, 0.2) is 0 Å². The quantitative estimate of drug-likeness (QED) is 0.721. The molecule has 0 N–H and O–H groups in total. The zero-order valence-corrected chi connectivity index (χ0v) is 8.99. The number of ether oxygens (including phenoxy) is 1. The summed E-state index contributed by atoms with van der Waals surface area (Å²) < 4.78 is 7.68. The summed E-state index contributed by atoms with van der Waals surface area (Å²) in [6.07, 6.45) is 4.22. The van der Waals surface area contributed by atoms with E-state index in [4.69, 9.17) is 4.74 Å². The Morgan fingerprint density at radius 1 is 1.50 bits per heavy atom. The molecule has 14 heavy (non-hydrogen) atoms. The lowest BCUT2D eigenvalue weighted by Crippen LogP contribution is -2.18. The first-order valence-electron chi connectivity index (χ1n) is 5.42. The normalized spacial score (nSPS) is 18.7. The van der Waals surface area contributed by atoms with E-state index in [1.807, 2.05) is 6.20 Å². The van der Waals surface area contributed by atoms with Crippen LogP contribution < -0.4 is 0 Å². The van der Waals surface area contributed by atoms with Gasteiger partial charge in [0.1, 0.15) is 5.82 Å². The van der Waals surface area contributed by atoms with Crippen molar-refractivity contribution in [3.8, 4) is 0 Å². The summed E-state index contributed by atoms with van der Waals surface area (Å²) in [4.78, 5) is 4.52. The second-order valence-corrected chi connectivity index (χ2v) is 3.89. The van der Waals surface area contributed by atoms with Crippen molar-refractivity contribution in [2.24, 2.45) is 0 Å². The summed E-state index contributed by atoms with van der Waals surface area (Å²) in [5, 5.41) is 0. The number of rotatable bonds is 2. The summed E-state index contributed by atoms with van der Waals surface area (Å²) in [6.45, 7) is 7.11. The van der Waals surface area contributed by atoms with Gasteiger partial charge in [-0.1, -0.05) is 0 Å². The summed E-state index contributed by atoms with van der Waals surface area (Å²) >= 11 is 0. The van der Waals surface area contributed by atoms with Crippen LogP contribution in [0.5, 0.6) is 0 Å². The molecule has 78 valence electrons. The third-order valence-corrected chi connectivity index (χ3v) is 2.99. The van der Waals surface area contributed by atoms with E-state index in [2.05, 4.69) is 23.4 Å². The zero-order valence-electron chi connectivity index (χ0n) is 8.99. The second kappa shape index (κ2) is 4.13. The van der Waals surface area contributed by atoms with Gasteiger partial charge in [0, 0.05) is 37.6 Å². The smallest absolute Gasteiger partial charge is 0.112 e. The van der Waals surface area contributed by atoms with Gasteiger partial charge in [-0.3, -0.25) is 0 Å². The average Bonchev–Trinajstić information content (AvgIpc) is 2.61. The fraction of sp³-hybridized carbons (Fsp3) is 0.727. The Bertz CT molecular complexity index is 300.